The molecule has 124 heavy (non-hydrogen) atoms. The van der Waals surface area contributed by atoms with Crippen LogP contribution >= 0.6 is 106 Å². The quantitative estimate of drug-likeness (QED) is 0.213. The van der Waals surface area contributed by atoms with Crippen LogP contribution in [0, 0.1) is 127 Å². The second-order valence-electron chi connectivity index (χ2n) is 23.1. The molecule has 12 saturated heterocycles. The number of rotatable bonds is 0. The standard InChI is InChI=1S/C6H9O.C6H11O.C6H11S.C5H9O2.C5H7O2.C5H9OS.C5H9O.C5H9S2.C5H9S.C4H7O2.2C4H7OS.C4H7S2.39Y/c1-5-2-3-6(7)4-5;2*1-6-3-2-4-7-5-6;1-5-2-6-4-7-3-5;1-4-2-5(6)3-7-4;1-5-2-6-4-7-3-5;1-5-2-3-6-4-5;1-5-2-6-4-7-3-5;1-5-2-3-6-4-5;1-4-2-5-3-6-4;1-4-2-6-3-5-4;2*1-4-2-5-3-6-4;;;;;;;;;;;;;;;;;;;;;;;;;;;;;;;;;;;;;;;/h3,5H,2,4H2,1H3;2*4,6H,2-3,5H2,1H3;4-5H,2-3H2,1H3;3-4H,2H2,1H3;4-5H,2-3H2,1H3;3,5H,2,4H2,1H3;4-5H,2-3H2,1H3;3,5H,2,4H2,1H3;4*3-4H,2H2,1H3;;;;;;;;;;;;;;;;;;;;;;;;;;;;;;;;;;;;;;;/q13*-1;;;;;;;;;;;;;;;;;;;;;;;;;;;;;;;;;;;;;;;. The molecule has 0 aromatic heterocycles. The summed E-state index contributed by atoms with van der Waals surface area (Å²) in [5.41, 5.74) is 0. The van der Waals surface area contributed by atoms with Gasteiger partial charge in [0.05, 0.1) is 0 Å². The van der Waals surface area contributed by atoms with Crippen molar-refractivity contribution in [2.75, 3.05) is 86.5 Å². The molecular formula is C64H111O12S9Y39-13. The van der Waals surface area contributed by atoms with E-state index in [-0.39, 0.29) is 1290 Å². The number of ketones is 2. The fourth-order valence-electron chi connectivity index (χ4n) is 6.89. The van der Waals surface area contributed by atoms with Crippen molar-refractivity contribution in [3.8, 4) is 0 Å². The third-order valence-corrected chi connectivity index (χ3v) is 22.6. The Kier molecular flexibility index (Phi) is 507. The Morgan fingerprint density at radius 3 is 0.831 bits per heavy atom. The van der Waals surface area contributed by atoms with E-state index in [1.54, 1.807) is 53.6 Å². The summed E-state index contributed by atoms with van der Waals surface area (Å²) in [5, 5.41) is 6.00. The fourth-order valence-corrected chi connectivity index (χ4v) is 15.0. The van der Waals surface area contributed by atoms with Gasteiger partial charge < -0.3 is 169 Å². The minimum absolute atomic E-state index is 0. The number of carbonyl (C=O) groups is 2. The summed E-state index contributed by atoms with van der Waals surface area (Å²) in [6, 6.07) is 0. The number of carbonyl (C=O) groups excluding carboxylic acids is 2. The smallest absolute Gasteiger partial charge is 0.0431 e. The molecule has 0 spiro atoms. The van der Waals surface area contributed by atoms with E-state index in [4.69, 9.17) is 47.4 Å². The molecule has 11 unspecified atom stereocenters. The maximum atomic E-state index is 10.4. The summed E-state index contributed by atoms with van der Waals surface area (Å²) >= 11 is 16.9. The van der Waals surface area contributed by atoms with E-state index in [0.29, 0.717) is 42.0 Å². The van der Waals surface area contributed by atoms with Gasteiger partial charge in [0.15, 0.2) is 0 Å². The van der Waals surface area contributed by atoms with Gasteiger partial charge in [-0.1, -0.05) is 108 Å². The first-order chi connectivity index (χ1) is 40.9. The molecule has 39 radical (unpaired) electrons. The van der Waals surface area contributed by atoms with Gasteiger partial charge in [-0.2, -0.15) is 49.9 Å². The summed E-state index contributed by atoms with van der Waals surface area (Å²) < 4.78 is 48.9. The van der Waals surface area contributed by atoms with Crippen LogP contribution in [0.3, 0.4) is 0 Å². The van der Waals surface area contributed by atoms with Crippen LogP contribution < -0.4 is 0 Å². The molecule has 13 aliphatic rings. The third-order valence-electron chi connectivity index (χ3n) is 12.2. The summed E-state index contributed by atoms with van der Waals surface area (Å²) in [6.45, 7) is 41.8. The van der Waals surface area contributed by atoms with Crippen LogP contribution in [0.15, 0.2) is 0 Å². The average molecular weight is 4830 g/mol. The molecule has 0 N–H and O–H groups in total. The molecule has 623 valence electrons. The maximum absolute atomic E-state index is 10.4. The van der Waals surface area contributed by atoms with Gasteiger partial charge in [-0.05, 0) is 119 Å². The van der Waals surface area contributed by atoms with Crippen LogP contribution in [-0.2, 0) is 1330 Å². The van der Waals surface area contributed by atoms with Crippen LogP contribution in [0.25, 0.3) is 0 Å². The van der Waals surface area contributed by atoms with E-state index in [2.05, 4.69) is 97.8 Å². The van der Waals surface area contributed by atoms with Gasteiger partial charge in [0, 0.05) is 1350 Å². The van der Waals surface area contributed by atoms with Crippen molar-refractivity contribution < 1.29 is 1330 Å². The third kappa shape index (κ3) is 219. The van der Waals surface area contributed by atoms with Crippen LogP contribution in [0.5, 0.6) is 0 Å². The minimum atomic E-state index is 0. The Hall–Kier alpha value is 44.9. The van der Waals surface area contributed by atoms with E-state index in [0.717, 1.165) is 112 Å². The second kappa shape index (κ2) is 223. The zero-order valence-electron chi connectivity index (χ0n) is 76.4. The van der Waals surface area contributed by atoms with Gasteiger partial charge in [-0.25, -0.2) is 30.0 Å². The van der Waals surface area contributed by atoms with Gasteiger partial charge in [0.2, 0.25) is 0 Å². The van der Waals surface area contributed by atoms with Gasteiger partial charge in [-0.3, -0.25) is 11.5 Å². The fraction of sp³-hybridized carbons (Fsp3) is 0.766. The van der Waals surface area contributed by atoms with Crippen molar-refractivity contribution in [1.29, 1.82) is 0 Å². The van der Waals surface area contributed by atoms with Crippen LogP contribution in [0.1, 0.15) is 148 Å². The molecule has 12 heterocycles. The molecule has 60 heteroatoms. The van der Waals surface area contributed by atoms with Crippen LogP contribution in [0.4, 0.5) is 0 Å². The molecule has 0 aromatic carbocycles. The molecule has 0 aromatic rings. The van der Waals surface area contributed by atoms with E-state index in [1.165, 1.54) is 80.4 Å². The van der Waals surface area contributed by atoms with E-state index < -0.39 is 0 Å². The zero-order chi connectivity index (χ0) is 62.6. The first-order valence-electron chi connectivity index (χ1n) is 30.5. The molecule has 1 aliphatic carbocycles. The van der Waals surface area contributed by atoms with Crippen molar-refractivity contribution in [3.63, 3.8) is 0 Å². The number of hydrogen-bond donors (Lipinski definition) is 0. The average Bonchev–Trinajstić information content (AvgIpc) is 1.81. The first kappa shape index (κ1) is 282. The largest absolute Gasteiger partial charge is 0.552 e. The van der Waals surface area contributed by atoms with Crippen molar-refractivity contribution in [2.45, 2.75) is 177 Å². The van der Waals surface area contributed by atoms with Crippen LogP contribution in [0.2, 0.25) is 0 Å². The molecule has 11 atom stereocenters. The Labute approximate surface area is 1780 Å². The van der Waals surface area contributed by atoms with Crippen molar-refractivity contribution in [1.82, 2.24) is 0 Å². The molecule has 0 bridgehead atoms. The molecule has 0 amide bonds. The Morgan fingerprint density at radius 2 is 0.685 bits per heavy atom. The Balaban J connectivity index is -0.0000000166. The number of Topliss-reactive ketones (excluding diaryl/α,β-unsaturated/α-hetero) is 2. The molecule has 12 nitrogen and oxygen atoms in total. The van der Waals surface area contributed by atoms with E-state index in [9.17, 15) is 9.59 Å². The van der Waals surface area contributed by atoms with Crippen molar-refractivity contribution >= 4 is 117 Å². The predicted molar refractivity (Wildman–Crippen MR) is 375 cm³/mol. The summed E-state index contributed by atoms with van der Waals surface area (Å²) in [4.78, 5) is 20.7. The molecular weight excluding hydrogens is 4720 g/mol. The minimum Gasteiger partial charge on any atom is -0.552 e. The molecule has 13 rings (SSSR count). The molecule has 13 fully saturated rings. The van der Waals surface area contributed by atoms with Gasteiger partial charge in [0.1, 0.15) is 0 Å². The van der Waals surface area contributed by atoms with Crippen molar-refractivity contribution in [2.24, 2.45) is 47.3 Å². The monoisotopic (exact) mass is 4830 g/mol. The summed E-state index contributed by atoms with van der Waals surface area (Å²) in [5.74, 6) is 25.8. The zero-order valence-corrected chi connectivity index (χ0v) is 194. The first-order valence-corrected chi connectivity index (χ1v) is 39.7. The van der Waals surface area contributed by atoms with Gasteiger partial charge in [-0.15, -0.1) is 0 Å². The van der Waals surface area contributed by atoms with E-state index in [1.807, 2.05) is 104 Å². The maximum Gasteiger partial charge on any atom is 0.0431 e. The van der Waals surface area contributed by atoms with Crippen LogP contribution in [-0.4, -0.2) is 127 Å². The normalized spacial score (nSPS) is 21.9. The predicted octanol–water partition coefficient (Wildman–Crippen LogP) is 18.2. The van der Waals surface area contributed by atoms with Crippen molar-refractivity contribution in [3.05, 3.63) is 79.3 Å². The van der Waals surface area contributed by atoms with E-state index >= 15 is 0 Å². The Bertz CT molecular complexity index is 1330. The number of thioether (sulfide) groups is 9. The second-order valence-corrected chi connectivity index (χ2v) is 32.7. The molecule has 1 saturated carbocycles. The Morgan fingerprint density at radius 1 is 0.258 bits per heavy atom. The molecule has 12 aliphatic heterocycles. The summed E-state index contributed by atoms with van der Waals surface area (Å²) in [6.07, 6.45) is 12.6. The number of hydrogen-bond acceptors (Lipinski definition) is 21. The SMILES string of the molecule is CC1CC(=O)[CH-]O1.CC1CC[CH-]OC1.CC1CC[CH-]SC1.CC1CO[CH-]O1.CC1CO[CH-]OC1.CC1CO[CH-]S1.CC1CO[CH-]SC1.CC1CS[CH-]O1.CC1CS[CH-]S1.CC1CS[CH-]SC1.CC1C[CH-]C(=O)C1.CC1C[CH-]OC1.CC1C[CH-]SC1.[Y].[Y].[Y].[Y].[Y].[Y].[Y].[Y].[Y].[Y].[Y].[Y].[Y].[Y].[Y].[Y].[Y].[Y].[Y].[Y].[Y].[Y].[Y].[Y].[Y].[Y].[Y].[Y].[Y].[Y].[Y].[Y].[Y].[Y].[Y].[Y].[Y].[Y].[Y]. The number of ether oxygens (including phenoxy) is 10. The topological polar surface area (TPSA) is 126 Å². The van der Waals surface area contributed by atoms with Gasteiger partial charge in [0.25, 0.3) is 0 Å². The summed E-state index contributed by atoms with van der Waals surface area (Å²) in [7, 11) is 0. The van der Waals surface area contributed by atoms with Gasteiger partial charge >= 0.3 is 0 Å².